The minimum absolute atomic E-state index is 0.295. The molecule has 1 aliphatic rings. The van der Waals surface area contributed by atoms with Gasteiger partial charge in [0.15, 0.2) is 0 Å². The number of nitrogens with zero attached hydrogens (tertiary/aromatic N) is 4. The number of aromatic nitrogens is 4. The van der Waals surface area contributed by atoms with Crippen molar-refractivity contribution in [1.29, 1.82) is 0 Å². The molecule has 0 fully saturated rings. The normalized spacial score (nSPS) is 12.9. The molecule has 3 heterocycles. The van der Waals surface area contributed by atoms with E-state index < -0.39 is 7.12 Å². The molecule has 0 unspecified atom stereocenters. The molecule has 0 atom stereocenters. The predicted octanol–water partition coefficient (Wildman–Crippen LogP) is 1.28. The molecule has 5 rings (SSSR count). The summed E-state index contributed by atoms with van der Waals surface area (Å²) in [5, 5.41) is 27.4. The Morgan fingerprint density at radius 3 is 2.83 bits per heavy atom. The van der Waals surface area contributed by atoms with Gasteiger partial charge in [-0.2, -0.15) is 14.8 Å². The van der Waals surface area contributed by atoms with E-state index in [0.717, 1.165) is 16.8 Å². The second-order valence-electron chi connectivity index (χ2n) is 6.98. The fraction of sp³-hybridized carbons (Fsp3) is 0.150. The minimum atomic E-state index is -1.61. The van der Waals surface area contributed by atoms with Crippen LogP contribution < -0.4 is 10.8 Å². The van der Waals surface area contributed by atoms with Crippen LogP contribution in [0, 0.1) is 5.82 Å². The largest absolute Gasteiger partial charge is 0.489 e. The molecule has 0 amide bonds. The first-order valence-corrected chi connectivity index (χ1v) is 9.39. The van der Waals surface area contributed by atoms with E-state index in [1.807, 2.05) is 6.07 Å². The van der Waals surface area contributed by atoms with Crippen molar-refractivity contribution in [3.63, 3.8) is 0 Å². The molecule has 3 N–H and O–H groups in total. The lowest BCUT2D eigenvalue weighted by Crippen LogP contribution is -2.30. The molecule has 0 saturated heterocycles. The van der Waals surface area contributed by atoms with Crippen molar-refractivity contribution in [2.75, 3.05) is 5.32 Å². The smallest absolute Gasteiger partial charge is 0.423 e. The highest BCUT2D eigenvalue weighted by Crippen LogP contribution is 2.27. The lowest BCUT2D eigenvalue weighted by molar-refractivity contribution is 0.133. The van der Waals surface area contributed by atoms with Gasteiger partial charge < -0.3 is 20.1 Å². The second kappa shape index (κ2) is 7.49. The van der Waals surface area contributed by atoms with E-state index in [4.69, 9.17) is 4.74 Å². The number of benzene rings is 2. The highest BCUT2D eigenvalue weighted by atomic mass is 19.1. The molecule has 1 aliphatic heterocycles. The van der Waals surface area contributed by atoms with Crippen LogP contribution >= 0.6 is 0 Å². The second-order valence-corrected chi connectivity index (χ2v) is 6.98. The molecular formula is C20H17BFN5O3. The number of ether oxygens (including phenoxy) is 1. The Balaban J connectivity index is 1.55. The number of nitrogens with one attached hydrogen (secondary N) is 1. The summed E-state index contributed by atoms with van der Waals surface area (Å²) in [6.07, 6.45) is 1.55. The first-order chi connectivity index (χ1) is 14.6. The van der Waals surface area contributed by atoms with Crippen LogP contribution in [0.15, 0.2) is 48.7 Å². The summed E-state index contributed by atoms with van der Waals surface area (Å²) < 4.78 is 20.6. The topological polar surface area (TPSA) is 105 Å². The zero-order valence-corrected chi connectivity index (χ0v) is 15.8. The maximum Gasteiger partial charge on any atom is 0.489 e. The quantitative estimate of drug-likeness (QED) is 0.430. The van der Waals surface area contributed by atoms with Gasteiger partial charge in [-0.1, -0.05) is 24.3 Å². The standard InChI is InChI=1S/C20H17BFN5O3/c22-13-4-1-3-12(7-13)8-23-19-15-10-30-11-17(15)25-20(26-19)27-18-6-2-5-16(21(28)29)14(18)9-24-27/h1-7,9,28-29H,8,10-11H2,(H,23,25,26). The summed E-state index contributed by atoms with van der Waals surface area (Å²) in [6.45, 7) is 1.14. The van der Waals surface area contributed by atoms with Gasteiger partial charge in [0.1, 0.15) is 11.6 Å². The van der Waals surface area contributed by atoms with Crippen molar-refractivity contribution >= 4 is 29.3 Å². The third-order valence-electron chi connectivity index (χ3n) is 5.03. The molecule has 0 spiro atoms. The zero-order chi connectivity index (χ0) is 20.7. The first-order valence-electron chi connectivity index (χ1n) is 9.39. The van der Waals surface area contributed by atoms with Gasteiger partial charge in [0, 0.05) is 17.5 Å². The summed E-state index contributed by atoms with van der Waals surface area (Å²) in [6, 6.07) is 11.5. The van der Waals surface area contributed by atoms with Gasteiger partial charge in [-0.3, -0.25) is 0 Å². The first kappa shape index (κ1) is 18.7. The Morgan fingerprint density at radius 1 is 1.13 bits per heavy atom. The summed E-state index contributed by atoms with van der Waals surface area (Å²) in [4.78, 5) is 9.22. The van der Waals surface area contributed by atoms with Crippen molar-refractivity contribution < 1.29 is 19.2 Å². The van der Waals surface area contributed by atoms with E-state index in [-0.39, 0.29) is 5.82 Å². The Bertz CT molecular complexity index is 1250. The number of hydrogen-bond donors (Lipinski definition) is 3. The Kier molecular flexibility index (Phi) is 4.66. The molecule has 150 valence electrons. The van der Waals surface area contributed by atoms with E-state index in [2.05, 4.69) is 20.4 Å². The Morgan fingerprint density at radius 2 is 2.00 bits per heavy atom. The van der Waals surface area contributed by atoms with Crippen LogP contribution in [0.5, 0.6) is 0 Å². The molecule has 30 heavy (non-hydrogen) atoms. The van der Waals surface area contributed by atoms with E-state index in [0.29, 0.717) is 47.9 Å². The van der Waals surface area contributed by atoms with Crippen LogP contribution in [-0.2, 0) is 24.5 Å². The van der Waals surface area contributed by atoms with E-state index in [1.165, 1.54) is 12.1 Å². The molecule has 2 aromatic heterocycles. The summed E-state index contributed by atoms with van der Waals surface area (Å²) in [5.74, 6) is 0.635. The van der Waals surface area contributed by atoms with Gasteiger partial charge in [-0.25, -0.2) is 9.37 Å². The number of fused-ring (bicyclic) bond motifs is 2. The molecule has 0 saturated carbocycles. The maximum absolute atomic E-state index is 13.5. The predicted molar refractivity (Wildman–Crippen MR) is 109 cm³/mol. The summed E-state index contributed by atoms with van der Waals surface area (Å²) >= 11 is 0. The highest BCUT2D eigenvalue weighted by molar-refractivity contribution is 6.61. The van der Waals surface area contributed by atoms with E-state index >= 15 is 0 Å². The third-order valence-corrected chi connectivity index (χ3v) is 5.03. The fourth-order valence-electron chi connectivity index (χ4n) is 3.57. The van der Waals surface area contributed by atoms with Gasteiger partial charge in [0.25, 0.3) is 5.95 Å². The number of rotatable bonds is 5. The van der Waals surface area contributed by atoms with Crippen LogP contribution in [0.4, 0.5) is 10.2 Å². The molecule has 10 heteroatoms. The van der Waals surface area contributed by atoms with Crippen molar-refractivity contribution in [1.82, 2.24) is 19.7 Å². The van der Waals surface area contributed by atoms with Crippen LogP contribution in [0.25, 0.3) is 16.9 Å². The van der Waals surface area contributed by atoms with Crippen LogP contribution in [-0.4, -0.2) is 36.9 Å². The van der Waals surface area contributed by atoms with E-state index in [1.54, 1.807) is 35.1 Å². The van der Waals surface area contributed by atoms with Crippen LogP contribution in [0.1, 0.15) is 16.8 Å². The van der Waals surface area contributed by atoms with Crippen LogP contribution in [0.2, 0.25) is 0 Å². The molecule has 0 radical (unpaired) electrons. The minimum Gasteiger partial charge on any atom is -0.423 e. The summed E-state index contributed by atoms with van der Waals surface area (Å²) in [7, 11) is -1.61. The molecular weight excluding hydrogens is 388 g/mol. The van der Waals surface area contributed by atoms with Crippen molar-refractivity contribution in [2.24, 2.45) is 0 Å². The molecule has 8 nitrogen and oxygen atoms in total. The summed E-state index contributed by atoms with van der Waals surface area (Å²) in [5.41, 5.74) is 3.40. The third kappa shape index (κ3) is 3.30. The average molecular weight is 405 g/mol. The molecule has 0 aliphatic carbocycles. The lowest BCUT2D eigenvalue weighted by atomic mass is 9.78. The Labute approximate surface area is 171 Å². The van der Waals surface area contributed by atoms with Crippen molar-refractivity contribution in [2.45, 2.75) is 19.8 Å². The van der Waals surface area contributed by atoms with E-state index in [9.17, 15) is 14.4 Å². The zero-order valence-electron chi connectivity index (χ0n) is 15.8. The molecule has 0 bridgehead atoms. The number of anilines is 1. The SMILES string of the molecule is OB(O)c1cccc2c1cnn2-c1nc2c(c(NCc3cccc(F)c3)n1)COC2. The fourth-order valence-corrected chi connectivity index (χ4v) is 3.57. The lowest BCUT2D eigenvalue weighted by Gasteiger charge is -2.12. The van der Waals surface area contributed by atoms with Gasteiger partial charge in [0.05, 0.1) is 30.6 Å². The Hall–Kier alpha value is -3.34. The highest BCUT2D eigenvalue weighted by Gasteiger charge is 2.23. The van der Waals surface area contributed by atoms with Gasteiger partial charge >= 0.3 is 7.12 Å². The number of halogens is 1. The van der Waals surface area contributed by atoms with Crippen molar-refractivity contribution in [3.8, 4) is 5.95 Å². The number of hydrogen-bond acceptors (Lipinski definition) is 7. The van der Waals surface area contributed by atoms with Crippen molar-refractivity contribution in [3.05, 3.63) is 71.3 Å². The van der Waals surface area contributed by atoms with Crippen LogP contribution in [0.3, 0.4) is 0 Å². The average Bonchev–Trinajstić information content (AvgIpc) is 3.38. The molecule has 2 aromatic carbocycles. The molecule has 4 aromatic rings. The van der Waals surface area contributed by atoms with Gasteiger partial charge in [-0.15, -0.1) is 0 Å². The monoisotopic (exact) mass is 405 g/mol. The van der Waals surface area contributed by atoms with Gasteiger partial charge in [0.2, 0.25) is 0 Å². The maximum atomic E-state index is 13.5. The van der Waals surface area contributed by atoms with Gasteiger partial charge in [-0.05, 0) is 29.2 Å².